The third kappa shape index (κ3) is 7.29. The summed E-state index contributed by atoms with van der Waals surface area (Å²) in [5, 5.41) is 0. The molecule has 4 aromatic rings. The highest BCUT2D eigenvalue weighted by atomic mass is 19.1. The van der Waals surface area contributed by atoms with E-state index < -0.39 is 53.4 Å². The zero-order chi connectivity index (χ0) is 33.9. The van der Waals surface area contributed by atoms with E-state index in [9.17, 15) is 23.6 Å². The number of amides is 3. The summed E-state index contributed by atoms with van der Waals surface area (Å²) in [7, 11) is 0. The fraction of sp³-hybridized carbons (Fsp3) is 0.306. The number of benzene rings is 3. The second kappa shape index (κ2) is 13.7. The van der Waals surface area contributed by atoms with E-state index in [4.69, 9.17) is 9.72 Å². The van der Waals surface area contributed by atoms with Crippen molar-refractivity contribution < 1.29 is 32.7 Å². The zero-order valence-electron chi connectivity index (χ0n) is 26.7. The lowest BCUT2D eigenvalue weighted by Crippen LogP contribution is -2.45. The molecule has 0 N–H and O–H groups in total. The first-order valence-electron chi connectivity index (χ1n) is 15.3. The quantitative estimate of drug-likeness (QED) is 0.146. The number of carbonyl (C=O) groups excluding carboxylic acids is 4. The number of nitrogens with zero attached hydrogens (tertiary/aromatic N) is 4. The van der Waals surface area contributed by atoms with Gasteiger partial charge in [0.1, 0.15) is 17.5 Å². The number of carbonyl (C=O) groups is 4. The summed E-state index contributed by atoms with van der Waals surface area (Å²) < 4.78 is 36.2. The van der Waals surface area contributed by atoms with E-state index in [2.05, 4.69) is 0 Å². The van der Waals surface area contributed by atoms with Crippen LogP contribution in [-0.4, -0.2) is 62.7 Å². The van der Waals surface area contributed by atoms with Crippen LogP contribution in [0.25, 0.3) is 11.3 Å². The molecule has 2 heterocycles. The first-order chi connectivity index (χ1) is 22.3. The van der Waals surface area contributed by atoms with Crippen LogP contribution in [0.2, 0.25) is 0 Å². The first kappa shape index (κ1) is 33.2. The number of rotatable bonds is 11. The Bertz CT molecular complexity index is 1780. The van der Waals surface area contributed by atoms with E-state index in [1.807, 2.05) is 51.1 Å². The maximum atomic E-state index is 15.0. The van der Waals surface area contributed by atoms with Crippen LogP contribution in [0.3, 0.4) is 0 Å². The smallest absolute Gasteiger partial charge is 0.303 e. The van der Waals surface area contributed by atoms with Crippen LogP contribution < -0.4 is 0 Å². The lowest BCUT2D eigenvalue weighted by Gasteiger charge is -2.40. The molecule has 5 rings (SSSR count). The molecule has 0 aliphatic carbocycles. The minimum absolute atomic E-state index is 0.0332. The largest absolute Gasteiger partial charge is 0.456 e. The van der Waals surface area contributed by atoms with Gasteiger partial charge in [-0.3, -0.25) is 24.1 Å². The molecule has 1 atom stereocenters. The van der Waals surface area contributed by atoms with Crippen LogP contribution in [0.5, 0.6) is 0 Å². The van der Waals surface area contributed by atoms with Crippen LogP contribution in [0.1, 0.15) is 72.3 Å². The molecule has 0 saturated heterocycles. The fourth-order valence-corrected chi connectivity index (χ4v) is 5.86. The molecule has 1 aliphatic heterocycles. The van der Waals surface area contributed by atoms with Crippen molar-refractivity contribution in [2.45, 2.75) is 46.7 Å². The third-order valence-electron chi connectivity index (χ3n) is 7.96. The summed E-state index contributed by atoms with van der Waals surface area (Å²) in [6.45, 7) is 6.82. The number of hydrogen-bond acceptors (Lipinski definition) is 6. The van der Waals surface area contributed by atoms with Crippen molar-refractivity contribution in [3.8, 4) is 11.3 Å². The molecular formula is C36H36F2N4O5. The van der Waals surface area contributed by atoms with Gasteiger partial charge >= 0.3 is 5.97 Å². The molecule has 47 heavy (non-hydrogen) atoms. The highest BCUT2D eigenvalue weighted by Crippen LogP contribution is 2.40. The van der Waals surface area contributed by atoms with Gasteiger partial charge in [0.15, 0.2) is 6.61 Å². The Labute approximate surface area is 271 Å². The molecule has 3 aromatic carbocycles. The van der Waals surface area contributed by atoms with E-state index in [1.165, 1.54) is 11.8 Å². The van der Waals surface area contributed by atoms with Crippen molar-refractivity contribution in [1.82, 2.24) is 19.4 Å². The van der Waals surface area contributed by atoms with E-state index in [0.717, 1.165) is 28.7 Å². The maximum Gasteiger partial charge on any atom is 0.303 e. The van der Waals surface area contributed by atoms with E-state index in [0.29, 0.717) is 23.5 Å². The molecule has 244 valence electrons. The highest BCUT2D eigenvalue weighted by molar-refractivity contribution is 6.21. The van der Waals surface area contributed by atoms with Crippen molar-refractivity contribution in [3.05, 3.63) is 113 Å². The molecular weight excluding hydrogens is 606 g/mol. The lowest BCUT2D eigenvalue weighted by atomic mass is 9.84. The Hall–Kier alpha value is -5.19. The van der Waals surface area contributed by atoms with Crippen LogP contribution in [0.15, 0.2) is 79.0 Å². The maximum absolute atomic E-state index is 15.0. The monoisotopic (exact) mass is 642 g/mol. The third-order valence-corrected chi connectivity index (χ3v) is 7.96. The number of aromatic nitrogens is 2. The second-order valence-electron chi connectivity index (χ2n) is 12.5. The van der Waals surface area contributed by atoms with Crippen LogP contribution in [0.4, 0.5) is 8.78 Å². The Balaban J connectivity index is 1.54. The number of halogens is 2. The average molecular weight is 643 g/mol. The topological polar surface area (TPSA) is 102 Å². The molecule has 0 saturated carbocycles. The number of imidazole rings is 1. The molecule has 0 bridgehead atoms. The summed E-state index contributed by atoms with van der Waals surface area (Å²) in [6.07, 6.45) is 1.85. The van der Waals surface area contributed by atoms with Gasteiger partial charge in [-0.15, -0.1) is 0 Å². The molecule has 3 amide bonds. The molecule has 11 heteroatoms. The highest BCUT2D eigenvalue weighted by Gasteiger charge is 2.40. The van der Waals surface area contributed by atoms with Gasteiger partial charge in [0, 0.05) is 38.3 Å². The van der Waals surface area contributed by atoms with Crippen molar-refractivity contribution in [2.75, 3.05) is 19.7 Å². The number of hydrogen-bond donors (Lipinski definition) is 0. The van der Waals surface area contributed by atoms with Gasteiger partial charge in [-0.25, -0.2) is 13.8 Å². The van der Waals surface area contributed by atoms with Crippen molar-refractivity contribution in [2.24, 2.45) is 5.41 Å². The minimum Gasteiger partial charge on any atom is -0.456 e. The SMILES string of the molecule is CC(=O)OCC(=O)N(CCCN1C(=O)c2ccccc2C1=O)[C@@H](c1nc(-c2cc(F)ccc2F)cn1Cc1ccccc1)C(C)(C)C. The summed E-state index contributed by atoms with van der Waals surface area (Å²) in [6, 6.07) is 18.5. The summed E-state index contributed by atoms with van der Waals surface area (Å²) in [4.78, 5) is 59.1. The number of imide groups is 1. The lowest BCUT2D eigenvalue weighted by molar-refractivity contribution is -0.152. The van der Waals surface area contributed by atoms with Gasteiger partial charge in [0.2, 0.25) is 0 Å². The van der Waals surface area contributed by atoms with Crippen molar-refractivity contribution in [1.29, 1.82) is 0 Å². The molecule has 0 unspecified atom stereocenters. The van der Waals surface area contributed by atoms with E-state index >= 15 is 4.39 Å². The van der Waals surface area contributed by atoms with Gasteiger partial charge < -0.3 is 14.2 Å². The van der Waals surface area contributed by atoms with Crippen LogP contribution >= 0.6 is 0 Å². The molecule has 1 aromatic heterocycles. The van der Waals surface area contributed by atoms with Crippen LogP contribution in [-0.2, 0) is 20.9 Å². The number of fused-ring (bicyclic) bond motifs is 1. The normalized spacial score (nSPS) is 13.4. The fourth-order valence-electron chi connectivity index (χ4n) is 5.86. The van der Waals surface area contributed by atoms with E-state index in [1.54, 1.807) is 35.0 Å². The van der Waals surface area contributed by atoms with Gasteiger partial charge in [0.25, 0.3) is 17.7 Å². The predicted octanol–water partition coefficient (Wildman–Crippen LogP) is 6.04. The Kier molecular flexibility index (Phi) is 9.64. The molecule has 0 fully saturated rings. The Morgan fingerprint density at radius 2 is 1.55 bits per heavy atom. The van der Waals surface area contributed by atoms with Gasteiger partial charge in [0.05, 0.1) is 22.9 Å². The van der Waals surface area contributed by atoms with Crippen molar-refractivity contribution in [3.63, 3.8) is 0 Å². The van der Waals surface area contributed by atoms with Gasteiger partial charge in [-0.1, -0.05) is 63.2 Å². The summed E-state index contributed by atoms with van der Waals surface area (Å²) in [5.41, 5.74) is 1.03. The van der Waals surface area contributed by atoms with Crippen LogP contribution in [0, 0.1) is 17.0 Å². The minimum atomic E-state index is -0.762. The number of esters is 1. The second-order valence-corrected chi connectivity index (χ2v) is 12.5. The number of ether oxygens (including phenoxy) is 1. The van der Waals surface area contributed by atoms with Gasteiger partial charge in [-0.2, -0.15) is 0 Å². The Morgan fingerprint density at radius 1 is 0.915 bits per heavy atom. The standard InChI is InChI=1S/C36H36F2N4O5/c1-23(43)47-22-31(44)41(17-10-18-42-34(45)26-13-8-9-14-27(26)35(42)46)32(36(2,3)4)33-39-30(28-19-25(37)15-16-29(28)38)21-40(33)20-24-11-6-5-7-12-24/h5-9,11-16,19,21,32H,10,17-18,20,22H2,1-4H3/t32-/m0/s1. The molecule has 9 nitrogen and oxygen atoms in total. The van der Waals surface area contributed by atoms with Crippen molar-refractivity contribution >= 4 is 23.7 Å². The summed E-state index contributed by atoms with van der Waals surface area (Å²) in [5.74, 6) is -2.84. The molecule has 0 spiro atoms. The molecule has 1 aliphatic rings. The van der Waals surface area contributed by atoms with Gasteiger partial charge in [-0.05, 0) is 47.7 Å². The zero-order valence-corrected chi connectivity index (χ0v) is 26.7. The molecule has 0 radical (unpaired) electrons. The average Bonchev–Trinajstić information content (AvgIpc) is 3.54. The first-order valence-corrected chi connectivity index (χ1v) is 15.3. The summed E-state index contributed by atoms with van der Waals surface area (Å²) >= 11 is 0. The van der Waals surface area contributed by atoms with E-state index in [-0.39, 0.29) is 30.8 Å². The predicted molar refractivity (Wildman–Crippen MR) is 170 cm³/mol. The Morgan fingerprint density at radius 3 is 2.17 bits per heavy atom.